The number of carbonyl (C=O) groups is 1. The first-order valence-corrected chi connectivity index (χ1v) is 6.59. The van der Waals surface area contributed by atoms with Gasteiger partial charge in [-0.1, -0.05) is 6.92 Å². The van der Waals surface area contributed by atoms with Crippen molar-refractivity contribution < 1.29 is 9.90 Å². The van der Waals surface area contributed by atoms with Crippen molar-refractivity contribution in [2.75, 3.05) is 26.2 Å². The third-order valence-corrected chi connectivity index (χ3v) is 3.16. The largest absolute Gasteiger partial charge is 0.389 e. The number of carbonyl (C=O) groups excluding carboxylic acids is 1. The van der Waals surface area contributed by atoms with Crippen molar-refractivity contribution in [3.63, 3.8) is 0 Å². The van der Waals surface area contributed by atoms with Crippen molar-refractivity contribution in [2.45, 2.75) is 46.1 Å². The number of urea groups is 1. The Hall–Kier alpha value is -0.770. The zero-order valence-electron chi connectivity index (χ0n) is 11.6. The molecule has 1 heterocycles. The molecule has 0 bridgehead atoms. The quantitative estimate of drug-likeness (QED) is 0.822. The van der Waals surface area contributed by atoms with Crippen LogP contribution in [0.25, 0.3) is 0 Å². The van der Waals surface area contributed by atoms with E-state index in [2.05, 4.69) is 6.92 Å². The summed E-state index contributed by atoms with van der Waals surface area (Å²) in [6.07, 6.45) is 2.30. The minimum atomic E-state index is -0.826. The number of piperidine rings is 1. The number of hydrogen-bond donors (Lipinski definition) is 1. The standard InChI is InChI=1S/C13H26N2O2/c1-5-14(10-13(3,4)17)12(16)15-8-6-7-11(2)9-15/h11,17H,5-10H2,1-4H3. The van der Waals surface area contributed by atoms with Crippen molar-refractivity contribution in [1.82, 2.24) is 9.80 Å². The van der Waals surface area contributed by atoms with Gasteiger partial charge in [-0.2, -0.15) is 0 Å². The first-order valence-electron chi connectivity index (χ1n) is 6.59. The van der Waals surface area contributed by atoms with Gasteiger partial charge in [0.2, 0.25) is 0 Å². The Kier molecular flexibility index (Phi) is 4.80. The summed E-state index contributed by atoms with van der Waals surface area (Å²) < 4.78 is 0. The van der Waals surface area contributed by atoms with Gasteiger partial charge in [0.1, 0.15) is 0 Å². The molecule has 4 heteroatoms. The molecule has 0 spiro atoms. The number of hydrogen-bond acceptors (Lipinski definition) is 2. The highest BCUT2D eigenvalue weighted by molar-refractivity contribution is 5.74. The van der Waals surface area contributed by atoms with Crippen LogP contribution in [-0.4, -0.2) is 52.7 Å². The first kappa shape index (κ1) is 14.3. The molecule has 2 amide bonds. The number of likely N-dealkylation sites (N-methyl/N-ethyl adjacent to an activating group) is 1. The Labute approximate surface area is 105 Å². The molecule has 0 aromatic carbocycles. The van der Waals surface area contributed by atoms with Gasteiger partial charge in [-0.05, 0) is 39.5 Å². The molecular weight excluding hydrogens is 216 g/mol. The summed E-state index contributed by atoms with van der Waals surface area (Å²) >= 11 is 0. The highest BCUT2D eigenvalue weighted by Crippen LogP contribution is 2.17. The Balaban J connectivity index is 2.59. The number of rotatable bonds is 3. The lowest BCUT2D eigenvalue weighted by molar-refractivity contribution is 0.0389. The summed E-state index contributed by atoms with van der Waals surface area (Å²) in [5.41, 5.74) is -0.826. The molecule has 0 aliphatic carbocycles. The summed E-state index contributed by atoms with van der Waals surface area (Å²) in [6, 6.07) is 0.0705. The van der Waals surface area contributed by atoms with E-state index in [-0.39, 0.29) is 6.03 Å². The lowest BCUT2D eigenvalue weighted by atomic mass is 10.0. The highest BCUT2D eigenvalue weighted by Gasteiger charge is 2.27. The van der Waals surface area contributed by atoms with E-state index in [0.29, 0.717) is 19.0 Å². The van der Waals surface area contributed by atoms with Gasteiger partial charge in [-0.25, -0.2) is 4.79 Å². The summed E-state index contributed by atoms with van der Waals surface area (Å²) in [6.45, 7) is 10.4. The average molecular weight is 242 g/mol. The molecule has 17 heavy (non-hydrogen) atoms. The monoisotopic (exact) mass is 242 g/mol. The van der Waals surface area contributed by atoms with Crippen LogP contribution in [0.4, 0.5) is 4.79 Å². The van der Waals surface area contributed by atoms with Gasteiger partial charge < -0.3 is 14.9 Å². The fraction of sp³-hybridized carbons (Fsp3) is 0.923. The van der Waals surface area contributed by atoms with Gasteiger partial charge in [0.05, 0.1) is 12.1 Å². The van der Waals surface area contributed by atoms with Crippen molar-refractivity contribution in [1.29, 1.82) is 0 Å². The molecule has 0 aromatic heterocycles. The minimum Gasteiger partial charge on any atom is -0.389 e. The van der Waals surface area contributed by atoms with Gasteiger partial charge >= 0.3 is 6.03 Å². The zero-order chi connectivity index (χ0) is 13.1. The lowest BCUT2D eigenvalue weighted by Gasteiger charge is -2.37. The SMILES string of the molecule is CCN(CC(C)(C)O)C(=O)N1CCCC(C)C1. The summed E-state index contributed by atoms with van der Waals surface area (Å²) in [5, 5.41) is 9.81. The topological polar surface area (TPSA) is 43.8 Å². The third kappa shape index (κ3) is 4.54. The fourth-order valence-electron chi connectivity index (χ4n) is 2.34. The molecule has 1 N–H and O–H groups in total. The van der Waals surface area contributed by atoms with E-state index >= 15 is 0 Å². The van der Waals surface area contributed by atoms with Crippen LogP contribution in [0.1, 0.15) is 40.5 Å². The number of amides is 2. The van der Waals surface area contributed by atoms with Crippen LogP contribution in [0, 0.1) is 5.92 Å². The highest BCUT2D eigenvalue weighted by atomic mass is 16.3. The summed E-state index contributed by atoms with van der Waals surface area (Å²) in [4.78, 5) is 15.9. The molecule has 1 rings (SSSR count). The van der Waals surface area contributed by atoms with E-state index in [1.807, 2.05) is 11.8 Å². The third-order valence-electron chi connectivity index (χ3n) is 3.16. The Morgan fingerprint density at radius 3 is 2.65 bits per heavy atom. The first-order chi connectivity index (χ1) is 7.83. The van der Waals surface area contributed by atoms with Crippen LogP contribution in [0.2, 0.25) is 0 Å². The maximum atomic E-state index is 12.3. The van der Waals surface area contributed by atoms with E-state index < -0.39 is 5.60 Å². The van der Waals surface area contributed by atoms with Gasteiger partial charge in [-0.3, -0.25) is 0 Å². The van der Waals surface area contributed by atoms with Crippen LogP contribution in [0.5, 0.6) is 0 Å². The van der Waals surface area contributed by atoms with Crippen molar-refractivity contribution >= 4 is 6.03 Å². The maximum absolute atomic E-state index is 12.3. The van der Waals surface area contributed by atoms with E-state index in [1.165, 1.54) is 6.42 Å². The number of nitrogens with zero attached hydrogens (tertiary/aromatic N) is 2. The second kappa shape index (κ2) is 5.71. The lowest BCUT2D eigenvalue weighted by Crippen LogP contribution is -2.50. The van der Waals surface area contributed by atoms with Crippen molar-refractivity contribution in [3.05, 3.63) is 0 Å². The van der Waals surface area contributed by atoms with Crippen LogP contribution < -0.4 is 0 Å². The maximum Gasteiger partial charge on any atom is 0.320 e. The fourth-order valence-corrected chi connectivity index (χ4v) is 2.34. The van der Waals surface area contributed by atoms with E-state index in [1.54, 1.807) is 18.7 Å². The van der Waals surface area contributed by atoms with Gasteiger partial charge in [-0.15, -0.1) is 0 Å². The molecule has 0 aromatic rings. The van der Waals surface area contributed by atoms with Crippen LogP contribution in [0.3, 0.4) is 0 Å². The molecule has 1 aliphatic rings. The van der Waals surface area contributed by atoms with Crippen LogP contribution in [-0.2, 0) is 0 Å². The molecular formula is C13H26N2O2. The van der Waals surface area contributed by atoms with Crippen molar-refractivity contribution in [3.8, 4) is 0 Å². The summed E-state index contributed by atoms with van der Waals surface area (Å²) in [7, 11) is 0. The molecule has 1 saturated heterocycles. The molecule has 1 unspecified atom stereocenters. The average Bonchev–Trinajstić information content (AvgIpc) is 2.23. The molecule has 100 valence electrons. The van der Waals surface area contributed by atoms with E-state index in [4.69, 9.17) is 0 Å². The molecule has 1 aliphatic heterocycles. The molecule has 4 nitrogen and oxygen atoms in total. The normalized spacial score (nSPS) is 21.5. The molecule has 0 saturated carbocycles. The number of aliphatic hydroxyl groups is 1. The predicted molar refractivity (Wildman–Crippen MR) is 68.9 cm³/mol. The number of likely N-dealkylation sites (tertiary alicyclic amines) is 1. The second-order valence-electron chi connectivity index (χ2n) is 5.80. The van der Waals surface area contributed by atoms with Gasteiger partial charge in [0, 0.05) is 19.6 Å². The van der Waals surface area contributed by atoms with Gasteiger partial charge in [0.15, 0.2) is 0 Å². The van der Waals surface area contributed by atoms with Crippen LogP contribution >= 0.6 is 0 Å². The van der Waals surface area contributed by atoms with E-state index in [0.717, 1.165) is 19.5 Å². The molecule has 1 atom stereocenters. The van der Waals surface area contributed by atoms with Gasteiger partial charge in [0.25, 0.3) is 0 Å². The Bertz CT molecular complexity index is 261. The summed E-state index contributed by atoms with van der Waals surface area (Å²) in [5.74, 6) is 0.591. The molecule has 0 radical (unpaired) electrons. The zero-order valence-corrected chi connectivity index (χ0v) is 11.6. The predicted octanol–water partition coefficient (Wildman–Crippen LogP) is 1.93. The van der Waals surface area contributed by atoms with E-state index in [9.17, 15) is 9.90 Å². The Morgan fingerprint density at radius 1 is 1.53 bits per heavy atom. The van der Waals surface area contributed by atoms with Crippen molar-refractivity contribution in [2.24, 2.45) is 5.92 Å². The smallest absolute Gasteiger partial charge is 0.320 e. The molecule has 1 fully saturated rings. The Morgan fingerprint density at radius 2 is 2.18 bits per heavy atom. The van der Waals surface area contributed by atoms with Crippen LogP contribution in [0.15, 0.2) is 0 Å². The second-order valence-corrected chi connectivity index (χ2v) is 5.80. The minimum absolute atomic E-state index is 0.0705.